The van der Waals surface area contributed by atoms with E-state index in [0.717, 1.165) is 32.7 Å². The third kappa shape index (κ3) is 6.32. The largest absolute Gasteiger partial charge is 0.395 e. The summed E-state index contributed by atoms with van der Waals surface area (Å²) in [5.74, 6) is 0. The number of β-amino-alcohol motifs (C(OH)–C–C–N with tert-alkyl or cyclic N) is 2. The average Bonchev–Trinajstić information content (AvgIpc) is 2.39. The molecule has 0 amide bonds. The van der Waals surface area contributed by atoms with Crippen molar-refractivity contribution in [2.45, 2.75) is 25.6 Å². The average molecular weight is 271 g/mol. The Morgan fingerprint density at radius 3 is 2.37 bits per heavy atom. The maximum atomic E-state index is 9.90. The van der Waals surface area contributed by atoms with E-state index in [1.165, 1.54) is 0 Å². The number of aliphatic hydroxyl groups is 2. The second-order valence-corrected chi connectivity index (χ2v) is 5.45. The molecule has 1 unspecified atom stereocenters. The van der Waals surface area contributed by atoms with Crippen LogP contribution in [-0.2, 0) is 4.74 Å². The molecule has 110 valence electrons. The zero-order valence-electron chi connectivity index (χ0n) is 11.9. The molecule has 1 rings (SSSR count). The van der Waals surface area contributed by atoms with Gasteiger partial charge in [0.25, 0.3) is 0 Å². The molecule has 0 aromatic carbocycles. The molecule has 0 aromatic heterocycles. The Morgan fingerprint density at radius 2 is 1.84 bits per heavy atom. The van der Waals surface area contributed by atoms with Crippen molar-refractivity contribution in [3.05, 3.63) is 0 Å². The number of nitrogens with zero attached hydrogens (tertiary/aromatic N) is 3. The maximum absolute atomic E-state index is 9.90. The summed E-state index contributed by atoms with van der Waals surface area (Å²) < 4.78 is 5.36. The van der Waals surface area contributed by atoms with Crippen LogP contribution >= 0.6 is 0 Å². The van der Waals surface area contributed by atoms with Crippen molar-refractivity contribution in [3.63, 3.8) is 0 Å². The van der Waals surface area contributed by atoms with E-state index in [1.54, 1.807) is 13.8 Å². The summed E-state index contributed by atoms with van der Waals surface area (Å²) in [5, 5.41) is 27.6. The van der Waals surface area contributed by atoms with E-state index in [4.69, 9.17) is 15.1 Å². The van der Waals surface area contributed by atoms with Gasteiger partial charge in [-0.1, -0.05) is 0 Å². The zero-order valence-corrected chi connectivity index (χ0v) is 11.9. The van der Waals surface area contributed by atoms with Crippen LogP contribution in [0.5, 0.6) is 0 Å². The molecule has 0 bridgehead atoms. The molecule has 2 N–H and O–H groups in total. The predicted molar refractivity (Wildman–Crippen MR) is 71.6 cm³/mol. The minimum atomic E-state index is -0.846. The quantitative estimate of drug-likeness (QED) is 0.636. The van der Waals surface area contributed by atoms with Gasteiger partial charge in [0.1, 0.15) is 5.60 Å². The van der Waals surface area contributed by atoms with Crippen LogP contribution in [0.15, 0.2) is 0 Å². The van der Waals surface area contributed by atoms with Gasteiger partial charge in [0.2, 0.25) is 0 Å². The SMILES string of the molecule is CC(C)(C#N)OCC(O)CN1CCN(CCO)CC1. The third-order valence-corrected chi connectivity index (χ3v) is 3.26. The van der Waals surface area contributed by atoms with Crippen LogP contribution in [0.25, 0.3) is 0 Å². The smallest absolute Gasteiger partial charge is 0.148 e. The zero-order chi connectivity index (χ0) is 14.3. The first kappa shape index (κ1) is 16.3. The minimum absolute atomic E-state index is 0.178. The number of piperazine rings is 1. The highest BCUT2D eigenvalue weighted by Gasteiger charge is 2.22. The van der Waals surface area contributed by atoms with Gasteiger partial charge < -0.3 is 14.9 Å². The molecule has 1 fully saturated rings. The van der Waals surface area contributed by atoms with Crippen LogP contribution in [0.4, 0.5) is 0 Å². The van der Waals surface area contributed by atoms with Gasteiger partial charge in [0.15, 0.2) is 0 Å². The molecule has 1 aliphatic heterocycles. The lowest BCUT2D eigenvalue weighted by molar-refractivity contribution is -0.0419. The van der Waals surface area contributed by atoms with Crippen LogP contribution in [-0.4, -0.2) is 84.2 Å². The number of hydrogen-bond acceptors (Lipinski definition) is 6. The molecule has 0 saturated carbocycles. The Bertz CT molecular complexity index is 296. The summed E-state index contributed by atoms with van der Waals surface area (Å²) in [5.41, 5.74) is -0.846. The molecule has 1 atom stereocenters. The van der Waals surface area contributed by atoms with Gasteiger partial charge in [-0.15, -0.1) is 0 Å². The van der Waals surface area contributed by atoms with E-state index in [0.29, 0.717) is 6.54 Å². The summed E-state index contributed by atoms with van der Waals surface area (Å²) in [6.45, 7) is 8.63. The lowest BCUT2D eigenvalue weighted by Gasteiger charge is -2.35. The summed E-state index contributed by atoms with van der Waals surface area (Å²) in [7, 11) is 0. The first-order chi connectivity index (χ1) is 8.96. The van der Waals surface area contributed by atoms with Crippen molar-refractivity contribution >= 4 is 0 Å². The molecule has 1 heterocycles. The maximum Gasteiger partial charge on any atom is 0.148 e. The Morgan fingerprint density at radius 1 is 1.26 bits per heavy atom. The van der Waals surface area contributed by atoms with E-state index in [1.807, 2.05) is 6.07 Å². The lowest BCUT2D eigenvalue weighted by atomic mass is 10.2. The van der Waals surface area contributed by atoms with Crippen molar-refractivity contribution in [2.24, 2.45) is 0 Å². The molecule has 0 spiro atoms. The number of rotatable bonds is 7. The van der Waals surface area contributed by atoms with Crippen LogP contribution in [0.3, 0.4) is 0 Å². The highest BCUT2D eigenvalue weighted by atomic mass is 16.5. The van der Waals surface area contributed by atoms with Crippen molar-refractivity contribution in [1.82, 2.24) is 9.80 Å². The van der Waals surface area contributed by atoms with Gasteiger partial charge in [0.05, 0.1) is 25.4 Å². The molecule has 19 heavy (non-hydrogen) atoms. The number of aliphatic hydroxyl groups excluding tert-OH is 2. The summed E-state index contributed by atoms with van der Waals surface area (Å²) in [6, 6.07) is 2.04. The Balaban J connectivity index is 2.20. The van der Waals surface area contributed by atoms with Crippen molar-refractivity contribution in [2.75, 3.05) is 52.5 Å². The van der Waals surface area contributed by atoms with Gasteiger partial charge >= 0.3 is 0 Å². The minimum Gasteiger partial charge on any atom is -0.395 e. The summed E-state index contributed by atoms with van der Waals surface area (Å²) in [4.78, 5) is 4.39. The molecule has 0 radical (unpaired) electrons. The topological polar surface area (TPSA) is 80.0 Å². The standard InChI is InChI=1S/C13H25N3O3/c1-13(2,11-14)19-10-12(18)9-16-5-3-15(4-6-16)7-8-17/h12,17-18H,3-10H2,1-2H3. The Labute approximate surface area is 115 Å². The van der Waals surface area contributed by atoms with E-state index >= 15 is 0 Å². The highest BCUT2D eigenvalue weighted by Crippen LogP contribution is 2.08. The van der Waals surface area contributed by atoms with Gasteiger partial charge in [-0.3, -0.25) is 9.80 Å². The van der Waals surface area contributed by atoms with Crippen LogP contribution in [0.1, 0.15) is 13.8 Å². The van der Waals surface area contributed by atoms with Crippen molar-refractivity contribution < 1.29 is 14.9 Å². The molecule has 0 aliphatic carbocycles. The van der Waals surface area contributed by atoms with Gasteiger partial charge in [-0.05, 0) is 13.8 Å². The van der Waals surface area contributed by atoms with Crippen LogP contribution < -0.4 is 0 Å². The Hall–Kier alpha value is -0.710. The normalized spacial score (nSPS) is 20.2. The first-order valence-electron chi connectivity index (χ1n) is 6.75. The third-order valence-electron chi connectivity index (χ3n) is 3.26. The lowest BCUT2D eigenvalue weighted by Crippen LogP contribution is -2.49. The van der Waals surface area contributed by atoms with E-state index in [9.17, 15) is 5.11 Å². The monoisotopic (exact) mass is 271 g/mol. The molecule has 6 nitrogen and oxygen atoms in total. The van der Waals surface area contributed by atoms with Gasteiger partial charge in [0, 0.05) is 39.3 Å². The summed E-state index contributed by atoms with van der Waals surface area (Å²) in [6.07, 6.45) is -0.572. The fraction of sp³-hybridized carbons (Fsp3) is 0.923. The fourth-order valence-corrected chi connectivity index (χ4v) is 2.02. The molecular weight excluding hydrogens is 246 g/mol. The van der Waals surface area contributed by atoms with Gasteiger partial charge in [-0.25, -0.2) is 0 Å². The highest BCUT2D eigenvalue weighted by molar-refractivity contribution is 4.94. The van der Waals surface area contributed by atoms with E-state index in [-0.39, 0.29) is 13.2 Å². The molecule has 1 aliphatic rings. The second kappa shape index (κ2) is 7.78. The first-order valence-corrected chi connectivity index (χ1v) is 6.75. The summed E-state index contributed by atoms with van der Waals surface area (Å²) >= 11 is 0. The van der Waals surface area contributed by atoms with Gasteiger partial charge in [-0.2, -0.15) is 5.26 Å². The van der Waals surface area contributed by atoms with Crippen molar-refractivity contribution in [1.29, 1.82) is 5.26 Å². The van der Waals surface area contributed by atoms with Crippen molar-refractivity contribution in [3.8, 4) is 6.07 Å². The fourth-order valence-electron chi connectivity index (χ4n) is 2.02. The van der Waals surface area contributed by atoms with E-state index < -0.39 is 11.7 Å². The molecule has 6 heteroatoms. The Kier molecular flexibility index (Phi) is 6.69. The number of ether oxygens (including phenoxy) is 1. The molecule has 0 aromatic rings. The molecular formula is C13H25N3O3. The predicted octanol–water partition coefficient (Wildman–Crippen LogP) is -0.724. The van der Waals surface area contributed by atoms with Crippen LogP contribution in [0.2, 0.25) is 0 Å². The van der Waals surface area contributed by atoms with Crippen LogP contribution in [0, 0.1) is 11.3 Å². The second-order valence-electron chi connectivity index (χ2n) is 5.45. The van der Waals surface area contributed by atoms with E-state index in [2.05, 4.69) is 9.80 Å². The number of hydrogen-bond donors (Lipinski definition) is 2. The molecule has 1 saturated heterocycles. The number of nitriles is 1.